The normalized spacial score (nSPS) is 30.3. The van der Waals surface area contributed by atoms with Crippen LogP contribution in [0.25, 0.3) is 0 Å². The first kappa shape index (κ1) is 10.5. The summed E-state index contributed by atoms with van der Waals surface area (Å²) in [5, 5.41) is 0. The van der Waals surface area contributed by atoms with Gasteiger partial charge in [0.05, 0.1) is 0 Å². The Balaban J connectivity index is 0.000000404. The molecule has 1 aromatic carbocycles. The molecule has 1 saturated carbocycles. The first-order valence-corrected chi connectivity index (χ1v) is 5.96. The van der Waals surface area contributed by atoms with Gasteiger partial charge in [-0.15, -0.1) is 0 Å². The maximum Gasteiger partial charge on any atom is 0.123 e. The Hall–Kier alpha value is -0.980. The Morgan fingerprint density at radius 2 is 2.07 bits per heavy atom. The smallest absolute Gasteiger partial charge is 0.123 e. The Labute approximate surface area is 92.5 Å². The number of fused-ring (bicyclic) bond motifs is 2. The van der Waals surface area contributed by atoms with Crippen molar-refractivity contribution >= 4 is 0 Å². The Kier molecular flexibility index (Phi) is 2.49. The molecule has 1 nitrogen and oxygen atoms in total. The lowest BCUT2D eigenvalue weighted by molar-refractivity contribution is 0.165. The molecule has 0 saturated heterocycles. The minimum Gasteiger partial charge on any atom is -0.487 e. The molecule has 2 atom stereocenters. The van der Waals surface area contributed by atoms with Crippen molar-refractivity contribution in [2.45, 2.75) is 46.1 Å². The number of hydrogen-bond acceptors (Lipinski definition) is 1. The SMILES string of the molecule is CC.Cc1ccc2c(c1)CC1CC1(C)O2. The second-order valence-corrected chi connectivity index (χ2v) is 4.63. The Bertz CT molecular complexity index is 370. The summed E-state index contributed by atoms with van der Waals surface area (Å²) in [5.74, 6) is 1.89. The molecule has 0 bridgehead atoms. The molecule has 3 rings (SSSR count). The molecule has 0 radical (unpaired) electrons. The van der Waals surface area contributed by atoms with Gasteiger partial charge < -0.3 is 4.74 Å². The molecular weight excluding hydrogens is 184 g/mol. The largest absolute Gasteiger partial charge is 0.487 e. The van der Waals surface area contributed by atoms with Crippen LogP contribution in [0.1, 0.15) is 38.3 Å². The van der Waals surface area contributed by atoms with Gasteiger partial charge in [-0.2, -0.15) is 0 Å². The standard InChI is InChI=1S/C12H14O.C2H6/c1-8-3-4-11-9(5-8)6-10-7-12(10,2)13-11;1-2/h3-5,10H,6-7H2,1-2H3;1-2H3. The molecule has 1 aliphatic carbocycles. The summed E-state index contributed by atoms with van der Waals surface area (Å²) in [6.45, 7) is 8.36. The second kappa shape index (κ2) is 3.55. The van der Waals surface area contributed by atoms with Gasteiger partial charge in [-0.05, 0) is 38.3 Å². The maximum absolute atomic E-state index is 5.95. The summed E-state index contributed by atoms with van der Waals surface area (Å²) >= 11 is 0. The van der Waals surface area contributed by atoms with Crippen LogP contribution in [0.2, 0.25) is 0 Å². The van der Waals surface area contributed by atoms with Crippen LogP contribution in [-0.2, 0) is 6.42 Å². The summed E-state index contributed by atoms with van der Waals surface area (Å²) in [4.78, 5) is 0. The van der Waals surface area contributed by atoms with Crippen molar-refractivity contribution in [3.63, 3.8) is 0 Å². The summed E-state index contributed by atoms with van der Waals surface area (Å²) in [7, 11) is 0. The highest BCUT2D eigenvalue weighted by atomic mass is 16.5. The first-order valence-electron chi connectivity index (χ1n) is 5.96. The van der Waals surface area contributed by atoms with Crippen molar-refractivity contribution in [2.75, 3.05) is 0 Å². The molecule has 15 heavy (non-hydrogen) atoms. The van der Waals surface area contributed by atoms with E-state index in [0.717, 1.165) is 11.7 Å². The number of benzene rings is 1. The van der Waals surface area contributed by atoms with E-state index in [2.05, 4.69) is 32.0 Å². The van der Waals surface area contributed by atoms with E-state index in [1.807, 2.05) is 13.8 Å². The Morgan fingerprint density at radius 1 is 1.33 bits per heavy atom. The van der Waals surface area contributed by atoms with Gasteiger partial charge in [0.25, 0.3) is 0 Å². The monoisotopic (exact) mass is 204 g/mol. The average molecular weight is 204 g/mol. The zero-order chi connectivity index (χ0) is 11.1. The van der Waals surface area contributed by atoms with Crippen LogP contribution in [0.3, 0.4) is 0 Å². The summed E-state index contributed by atoms with van der Waals surface area (Å²) < 4.78 is 5.95. The van der Waals surface area contributed by atoms with E-state index in [-0.39, 0.29) is 5.60 Å². The molecule has 82 valence electrons. The molecule has 2 aliphatic rings. The number of hydrogen-bond donors (Lipinski definition) is 0. The minimum atomic E-state index is 0.183. The number of rotatable bonds is 0. The fourth-order valence-electron chi connectivity index (χ4n) is 2.33. The van der Waals surface area contributed by atoms with Crippen LogP contribution in [0, 0.1) is 12.8 Å². The van der Waals surface area contributed by atoms with Gasteiger partial charge >= 0.3 is 0 Å². The van der Waals surface area contributed by atoms with Gasteiger partial charge in [-0.1, -0.05) is 31.5 Å². The lowest BCUT2D eigenvalue weighted by Gasteiger charge is -2.23. The summed E-state index contributed by atoms with van der Waals surface area (Å²) in [6, 6.07) is 6.50. The lowest BCUT2D eigenvalue weighted by atomic mass is 10.0. The van der Waals surface area contributed by atoms with Crippen molar-refractivity contribution in [3.8, 4) is 5.75 Å². The van der Waals surface area contributed by atoms with Gasteiger partial charge in [-0.25, -0.2) is 0 Å². The topological polar surface area (TPSA) is 9.23 Å². The predicted molar refractivity (Wildman–Crippen MR) is 63.4 cm³/mol. The van der Waals surface area contributed by atoms with E-state index in [9.17, 15) is 0 Å². The van der Waals surface area contributed by atoms with Gasteiger partial charge in [0.2, 0.25) is 0 Å². The van der Waals surface area contributed by atoms with Crippen LogP contribution >= 0.6 is 0 Å². The van der Waals surface area contributed by atoms with Crippen LogP contribution in [0.4, 0.5) is 0 Å². The summed E-state index contributed by atoms with van der Waals surface area (Å²) in [6.07, 6.45) is 2.45. The van der Waals surface area contributed by atoms with E-state index in [4.69, 9.17) is 4.74 Å². The van der Waals surface area contributed by atoms with Gasteiger partial charge in [-0.3, -0.25) is 0 Å². The van der Waals surface area contributed by atoms with Crippen LogP contribution in [0.15, 0.2) is 18.2 Å². The molecule has 2 unspecified atom stereocenters. The van der Waals surface area contributed by atoms with Gasteiger partial charge in [0.1, 0.15) is 11.4 Å². The molecule has 0 spiro atoms. The van der Waals surface area contributed by atoms with E-state index in [1.54, 1.807) is 0 Å². The number of ether oxygens (including phenoxy) is 1. The van der Waals surface area contributed by atoms with E-state index < -0.39 is 0 Å². The highest BCUT2D eigenvalue weighted by Gasteiger charge is 2.55. The van der Waals surface area contributed by atoms with Crippen molar-refractivity contribution in [3.05, 3.63) is 29.3 Å². The average Bonchev–Trinajstić information content (AvgIpc) is 2.88. The molecular formula is C14H20O. The van der Waals surface area contributed by atoms with Gasteiger partial charge in [0, 0.05) is 5.92 Å². The third-order valence-corrected chi connectivity index (χ3v) is 3.38. The fourth-order valence-corrected chi connectivity index (χ4v) is 2.33. The molecule has 1 heteroatoms. The Morgan fingerprint density at radius 3 is 2.80 bits per heavy atom. The van der Waals surface area contributed by atoms with Crippen molar-refractivity contribution in [1.29, 1.82) is 0 Å². The van der Waals surface area contributed by atoms with Crippen LogP contribution < -0.4 is 4.74 Å². The molecule has 1 heterocycles. The van der Waals surface area contributed by atoms with E-state index in [0.29, 0.717) is 0 Å². The minimum absolute atomic E-state index is 0.183. The highest BCUT2D eigenvalue weighted by Crippen LogP contribution is 2.53. The summed E-state index contributed by atoms with van der Waals surface area (Å²) in [5.41, 5.74) is 2.92. The maximum atomic E-state index is 5.95. The van der Waals surface area contributed by atoms with Crippen LogP contribution in [0.5, 0.6) is 5.75 Å². The predicted octanol–water partition coefficient (Wildman–Crippen LogP) is 3.73. The zero-order valence-corrected chi connectivity index (χ0v) is 10.1. The third-order valence-electron chi connectivity index (χ3n) is 3.38. The van der Waals surface area contributed by atoms with Crippen molar-refractivity contribution in [2.24, 2.45) is 5.92 Å². The zero-order valence-electron chi connectivity index (χ0n) is 10.1. The van der Waals surface area contributed by atoms with E-state index in [1.165, 1.54) is 24.0 Å². The third kappa shape index (κ3) is 1.75. The van der Waals surface area contributed by atoms with E-state index >= 15 is 0 Å². The molecule has 1 aliphatic heterocycles. The number of aryl methyl sites for hydroxylation is 1. The first-order chi connectivity index (χ1) is 7.17. The van der Waals surface area contributed by atoms with Crippen LogP contribution in [-0.4, -0.2) is 5.60 Å². The molecule has 1 aromatic rings. The van der Waals surface area contributed by atoms with Gasteiger partial charge in [0.15, 0.2) is 0 Å². The molecule has 0 amide bonds. The fraction of sp³-hybridized carbons (Fsp3) is 0.571. The van der Waals surface area contributed by atoms with Crippen molar-refractivity contribution < 1.29 is 4.74 Å². The lowest BCUT2D eigenvalue weighted by Crippen LogP contribution is -2.22. The highest BCUT2D eigenvalue weighted by molar-refractivity contribution is 5.41. The second-order valence-electron chi connectivity index (χ2n) is 4.63. The quantitative estimate of drug-likeness (QED) is 0.625. The molecule has 0 N–H and O–H groups in total. The molecule has 1 fully saturated rings. The van der Waals surface area contributed by atoms with Crippen molar-refractivity contribution in [1.82, 2.24) is 0 Å². The molecule has 0 aromatic heterocycles.